The molecule has 1 atom stereocenters. The zero-order valence-electron chi connectivity index (χ0n) is 9.99. The first-order chi connectivity index (χ1) is 7.86. The third-order valence-corrected chi connectivity index (χ3v) is 4.11. The molecule has 0 aliphatic carbocycles. The van der Waals surface area contributed by atoms with E-state index in [0.29, 0.717) is 5.92 Å². The molecule has 0 aromatic heterocycles. The maximum atomic E-state index is 6.02. The van der Waals surface area contributed by atoms with Crippen molar-refractivity contribution in [2.24, 2.45) is 5.92 Å². The average molecular weight is 257 g/mol. The van der Waals surface area contributed by atoms with Crippen LogP contribution in [-0.2, 0) is 6.42 Å². The summed E-state index contributed by atoms with van der Waals surface area (Å²) in [5.41, 5.74) is 1.41. The Bertz CT molecular complexity index is 261. The summed E-state index contributed by atoms with van der Waals surface area (Å²) in [4.78, 5) is 0. The van der Waals surface area contributed by atoms with Crippen LogP contribution >= 0.6 is 23.4 Å². The van der Waals surface area contributed by atoms with E-state index in [1.54, 1.807) is 0 Å². The summed E-state index contributed by atoms with van der Waals surface area (Å²) in [6.07, 6.45) is 3.68. The predicted molar refractivity (Wildman–Crippen MR) is 76.6 cm³/mol. The summed E-state index contributed by atoms with van der Waals surface area (Å²) in [6.45, 7) is 2.22. The fraction of sp³-hybridized carbons (Fsp3) is 0.571. The number of benzene rings is 1. The minimum Gasteiger partial charge on any atom is -0.162 e. The lowest BCUT2D eigenvalue weighted by Crippen LogP contribution is -2.07. The van der Waals surface area contributed by atoms with Crippen LogP contribution in [0.2, 0.25) is 0 Å². The van der Waals surface area contributed by atoms with E-state index in [9.17, 15) is 0 Å². The first-order valence-corrected chi connectivity index (χ1v) is 7.73. The lowest BCUT2D eigenvalue weighted by molar-refractivity contribution is 0.530. The van der Waals surface area contributed by atoms with Gasteiger partial charge < -0.3 is 0 Å². The summed E-state index contributed by atoms with van der Waals surface area (Å²) in [5, 5.41) is 0. The summed E-state index contributed by atoms with van der Waals surface area (Å²) in [5.74, 6) is 3.93. The quantitative estimate of drug-likeness (QED) is 0.483. The van der Waals surface area contributed by atoms with Gasteiger partial charge in [0.25, 0.3) is 0 Å². The Morgan fingerprint density at radius 1 is 1.25 bits per heavy atom. The molecular formula is C14H21ClS. The van der Waals surface area contributed by atoms with Gasteiger partial charge in [-0.05, 0) is 42.2 Å². The Morgan fingerprint density at radius 2 is 2.00 bits per heavy atom. The standard InChI is InChI=1S/C14H21ClS/c1-2-16-10-6-9-14(12-15)11-13-7-4-3-5-8-13/h3-5,7-8,14H,2,6,9-12H2,1H3. The number of hydrogen-bond acceptors (Lipinski definition) is 1. The monoisotopic (exact) mass is 256 g/mol. The van der Waals surface area contributed by atoms with Crippen molar-refractivity contribution in [1.82, 2.24) is 0 Å². The molecule has 0 radical (unpaired) electrons. The lowest BCUT2D eigenvalue weighted by Gasteiger charge is -2.13. The number of rotatable bonds is 8. The fourth-order valence-corrected chi connectivity index (χ4v) is 2.72. The van der Waals surface area contributed by atoms with Crippen LogP contribution in [0.1, 0.15) is 25.3 Å². The third kappa shape index (κ3) is 5.81. The van der Waals surface area contributed by atoms with E-state index in [2.05, 4.69) is 37.3 Å². The van der Waals surface area contributed by atoms with E-state index in [1.807, 2.05) is 11.8 Å². The van der Waals surface area contributed by atoms with Crippen molar-refractivity contribution in [3.05, 3.63) is 35.9 Å². The van der Waals surface area contributed by atoms with Crippen LogP contribution in [0.15, 0.2) is 30.3 Å². The largest absolute Gasteiger partial charge is 0.162 e. The Morgan fingerprint density at radius 3 is 2.62 bits per heavy atom. The van der Waals surface area contributed by atoms with Gasteiger partial charge in [-0.25, -0.2) is 0 Å². The van der Waals surface area contributed by atoms with Gasteiger partial charge in [0.1, 0.15) is 0 Å². The minimum atomic E-state index is 0.640. The molecule has 0 heterocycles. The highest BCUT2D eigenvalue weighted by Gasteiger charge is 2.07. The van der Waals surface area contributed by atoms with E-state index in [-0.39, 0.29) is 0 Å². The number of halogens is 1. The summed E-state index contributed by atoms with van der Waals surface area (Å²) in [6, 6.07) is 10.7. The summed E-state index contributed by atoms with van der Waals surface area (Å²) in [7, 11) is 0. The Kier molecular flexibility index (Phi) is 7.79. The molecule has 0 saturated carbocycles. The van der Waals surface area contributed by atoms with Crippen molar-refractivity contribution in [3.63, 3.8) is 0 Å². The van der Waals surface area contributed by atoms with Gasteiger partial charge in [-0.2, -0.15) is 11.8 Å². The molecule has 0 bridgehead atoms. The van der Waals surface area contributed by atoms with Crippen LogP contribution in [0.5, 0.6) is 0 Å². The molecule has 0 saturated heterocycles. The number of thioether (sulfide) groups is 1. The molecule has 0 nitrogen and oxygen atoms in total. The normalized spacial score (nSPS) is 12.6. The van der Waals surface area contributed by atoms with Gasteiger partial charge in [-0.1, -0.05) is 37.3 Å². The van der Waals surface area contributed by atoms with E-state index < -0.39 is 0 Å². The van der Waals surface area contributed by atoms with Crippen LogP contribution in [0.3, 0.4) is 0 Å². The highest BCUT2D eigenvalue weighted by Crippen LogP contribution is 2.17. The molecule has 2 heteroatoms. The fourth-order valence-electron chi connectivity index (χ4n) is 1.80. The molecule has 1 aromatic rings. The van der Waals surface area contributed by atoms with Crippen LogP contribution in [-0.4, -0.2) is 17.4 Å². The molecule has 0 aliphatic heterocycles. The first-order valence-electron chi connectivity index (χ1n) is 6.04. The molecule has 16 heavy (non-hydrogen) atoms. The predicted octanol–water partition coefficient (Wildman–Crippen LogP) is 4.62. The Hall–Kier alpha value is -0.140. The maximum Gasteiger partial charge on any atom is 0.0254 e. The Labute approximate surface area is 109 Å². The highest BCUT2D eigenvalue weighted by molar-refractivity contribution is 7.99. The smallest absolute Gasteiger partial charge is 0.0254 e. The average Bonchev–Trinajstić information content (AvgIpc) is 2.34. The van der Waals surface area contributed by atoms with Crippen molar-refractivity contribution in [2.45, 2.75) is 26.2 Å². The lowest BCUT2D eigenvalue weighted by atomic mass is 9.97. The van der Waals surface area contributed by atoms with Crippen LogP contribution in [0.4, 0.5) is 0 Å². The minimum absolute atomic E-state index is 0.640. The van der Waals surface area contributed by atoms with E-state index in [1.165, 1.54) is 29.9 Å². The van der Waals surface area contributed by atoms with Gasteiger partial charge in [-0.3, -0.25) is 0 Å². The van der Waals surface area contributed by atoms with Crippen LogP contribution in [0, 0.1) is 5.92 Å². The van der Waals surface area contributed by atoms with Crippen molar-refractivity contribution in [1.29, 1.82) is 0 Å². The van der Waals surface area contributed by atoms with Gasteiger partial charge in [0, 0.05) is 5.88 Å². The van der Waals surface area contributed by atoms with E-state index in [0.717, 1.165) is 12.3 Å². The van der Waals surface area contributed by atoms with Crippen LogP contribution in [0.25, 0.3) is 0 Å². The van der Waals surface area contributed by atoms with Gasteiger partial charge >= 0.3 is 0 Å². The molecular weight excluding hydrogens is 236 g/mol. The molecule has 0 N–H and O–H groups in total. The summed E-state index contributed by atoms with van der Waals surface area (Å²) >= 11 is 8.05. The second-order valence-electron chi connectivity index (χ2n) is 4.05. The van der Waals surface area contributed by atoms with Crippen LogP contribution < -0.4 is 0 Å². The Balaban J connectivity index is 2.26. The zero-order chi connectivity index (χ0) is 11.6. The van der Waals surface area contributed by atoms with Crippen molar-refractivity contribution in [2.75, 3.05) is 17.4 Å². The molecule has 90 valence electrons. The third-order valence-electron chi connectivity index (χ3n) is 2.69. The molecule has 1 rings (SSSR count). The number of alkyl halides is 1. The van der Waals surface area contributed by atoms with Gasteiger partial charge in [0.2, 0.25) is 0 Å². The number of hydrogen-bond donors (Lipinski definition) is 0. The van der Waals surface area contributed by atoms with Gasteiger partial charge in [0.15, 0.2) is 0 Å². The SMILES string of the molecule is CCSCCCC(CCl)Cc1ccccc1. The molecule has 1 aromatic carbocycles. The van der Waals surface area contributed by atoms with Gasteiger partial charge in [-0.15, -0.1) is 11.6 Å². The topological polar surface area (TPSA) is 0 Å². The zero-order valence-corrected chi connectivity index (χ0v) is 11.6. The summed E-state index contributed by atoms with van der Waals surface area (Å²) < 4.78 is 0. The first kappa shape index (κ1) is 13.9. The van der Waals surface area contributed by atoms with Crippen molar-refractivity contribution < 1.29 is 0 Å². The van der Waals surface area contributed by atoms with Crippen molar-refractivity contribution in [3.8, 4) is 0 Å². The van der Waals surface area contributed by atoms with Crippen molar-refractivity contribution >= 4 is 23.4 Å². The van der Waals surface area contributed by atoms with E-state index >= 15 is 0 Å². The van der Waals surface area contributed by atoms with Gasteiger partial charge in [0.05, 0.1) is 0 Å². The second kappa shape index (κ2) is 8.95. The second-order valence-corrected chi connectivity index (χ2v) is 5.75. The molecule has 0 amide bonds. The maximum absolute atomic E-state index is 6.02. The molecule has 0 fully saturated rings. The molecule has 0 spiro atoms. The molecule has 0 aliphatic rings. The van der Waals surface area contributed by atoms with E-state index in [4.69, 9.17) is 11.6 Å². The highest BCUT2D eigenvalue weighted by atomic mass is 35.5. The molecule has 1 unspecified atom stereocenters.